The van der Waals surface area contributed by atoms with Crippen molar-refractivity contribution in [3.8, 4) is 0 Å². The van der Waals surface area contributed by atoms with Gasteiger partial charge in [0.25, 0.3) is 0 Å². The van der Waals surface area contributed by atoms with Crippen molar-refractivity contribution >= 4 is 11.9 Å². The van der Waals surface area contributed by atoms with Crippen molar-refractivity contribution < 1.29 is 4.79 Å². The highest BCUT2D eigenvalue weighted by atomic mass is 16.1. The van der Waals surface area contributed by atoms with Crippen LogP contribution in [0.2, 0.25) is 0 Å². The van der Waals surface area contributed by atoms with Crippen molar-refractivity contribution in [2.45, 2.75) is 32.7 Å². The molecule has 6 nitrogen and oxygen atoms in total. The predicted molar refractivity (Wildman–Crippen MR) is 60.8 cm³/mol. The molecule has 1 heterocycles. The van der Waals surface area contributed by atoms with E-state index >= 15 is 0 Å². The van der Waals surface area contributed by atoms with Gasteiger partial charge in [0.1, 0.15) is 0 Å². The SMILES string of the molecule is CC(C)NCCCC(=O)Nc1nccnn1. The van der Waals surface area contributed by atoms with E-state index in [9.17, 15) is 4.79 Å². The molecule has 1 rings (SSSR count). The highest BCUT2D eigenvalue weighted by molar-refractivity contribution is 5.88. The summed E-state index contributed by atoms with van der Waals surface area (Å²) in [6.45, 7) is 4.98. The molecule has 6 heteroatoms. The molecule has 0 radical (unpaired) electrons. The van der Waals surface area contributed by atoms with Crippen LogP contribution >= 0.6 is 0 Å². The fourth-order valence-electron chi connectivity index (χ4n) is 1.13. The Morgan fingerprint density at radius 2 is 2.25 bits per heavy atom. The summed E-state index contributed by atoms with van der Waals surface area (Å²) in [7, 11) is 0. The molecule has 0 aromatic carbocycles. The molecule has 0 atom stereocenters. The molecule has 0 fully saturated rings. The highest BCUT2D eigenvalue weighted by Crippen LogP contribution is 1.96. The molecule has 0 aliphatic rings. The van der Waals surface area contributed by atoms with Crippen LogP contribution in [0.5, 0.6) is 0 Å². The number of rotatable bonds is 6. The molecule has 0 aliphatic carbocycles. The molecule has 2 N–H and O–H groups in total. The van der Waals surface area contributed by atoms with Gasteiger partial charge in [-0.2, -0.15) is 5.10 Å². The Bertz CT molecular complexity index is 314. The van der Waals surface area contributed by atoms with Crippen molar-refractivity contribution in [3.63, 3.8) is 0 Å². The molecule has 1 aromatic heterocycles. The van der Waals surface area contributed by atoms with E-state index < -0.39 is 0 Å². The van der Waals surface area contributed by atoms with Gasteiger partial charge in [0.2, 0.25) is 11.9 Å². The summed E-state index contributed by atoms with van der Waals surface area (Å²) < 4.78 is 0. The normalized spacial score (nSPS) is 10.4. The first-order chi connectivity index (χ1) is 7.68. The molecule has 0 bridgehead atoms. The average molecular weight is 223 g/mol. The minimum atomic E-state index is -0.0847. The van der Waals surface area contributed by atoms with E-state index in [0.717, 1.165) is 13.0 Å². The topological polar surface area (TPSA) is 79.8 Å². The van der Waals surface area contributed by atoms with Crippen LogP contribution in [0, 0.1) is 0 Å². The maximum Gasteiger partial charge on any atom is 0.249 e. The highest BCUT2D eigenvalue weighted by Gasteiger charge is 2.03. The fourth-order valence-corrected chi connectivity index (χ4v) is 1.13. The van der Waals surface area contributed by atoms with Crippen LogP contribution in [0.3, 0.4) is 0 Å². The zero-order valence-electron chi connectivity index (χ0n) is 9.60. The Hall–Kier alpha value is -1.56. The van der Waals surface area contributed by atoms with Gasteiger partial charge in [0, 0.05) is 12.5 Å². The molecule has 0 saturated heterocycles. The summed E-state index contributed by atoms with van der Waals surface area (Å²) in [6, 6.07) is 0.449. The first-order valence-electron chi connectivity index (χ1n) is 5.35. The quantitative estimate of drug-likeness (QED) is 0.690. The van der Waals surface area contributed by atoms with Crippen molar-refractivity contribution in [2.24, 2.45) is 0 Å². The summed E-state index contributed by atoms with van der Waals surface area (Å²) >= 11 is 0. The van der Waals surface area contributed by atoms with E-state index in [-0.39, 0.29) is 11.9 Å². The lowest BCUT2D eigenvalue weighted by Gasteiger charge is -2.07. The minimum Gasteiger partial charge on any atom is -0.315 e. The Kier molecular flexibility index (Phi) is 5.35. The number of nitrogens with one attached hydrogen (secondary N) is 2. The second kappa shape index (κ2) is 6.84. The van der Waals surface area contributed by atoms with Gasteiger partial charge in [0.05, 0.1) is 12.4 Å². The minimum absolute atomic E-state index is 0.0847. The van der Waals surface area contributed by atoms with Crippen LogP contribution in [0.25, 0.3) is 0 Å². The lowest BCUT2D eigenvalue weighted by Crippen LogP contribution is -2.25. The van der Waals surface area contributed by atoms with Gasteiger partial charge in [-0.1, -0.05) is 13.8 Å². The zero-order chi connectivity index (χ0) is 11.8. The van der Waals surface area contributed by atoms with Gasteiger partial charge < -0.3 is 5.32 Å². The van der Waals surface area contributed by atoms with Gasteiger partial charge in [-0.3, -0.25) is 10.1 Å². The molecule has 0 unspecified atom stereocenters. The summed E-state index contributed by atoms with van der Waals surface area (Å²) in [4.78, 5) is 15.3. The zero-order valence-corrected chi connectivity index (χ0v) is 9.60. The molecule has 1 amide bonds. The van der Waals surface area contributed by atoms with Crippen molar-refractivity contribution in [3.05, 3.63) is 12.4 Å². The second-order valence-electron chi connectivity index (χ2n) is 3.73. The van der Waals surface area contributed by atoms with Crippen LogP contribution in [-0.2, 0) is 4.79 Å². The van der Waals surface area contributed by atoms with Crippen LogP contribution < -0.4 is 10.6 Å². The number of carbonyl (C=O) groups is 1. The molecular weight excluding hydrogens is 206 g/mol. The number of amides is 1. The van der Waals surface area contributed by atoms with E-state index in [0.29, 0.717) is 12.5 Å². The Morgan fingerprint density at radius 1 is 1.44 bits per heavy atom. The van der Waals surface area contributed by atoms with Gasteiger partial charge in [0.15, 0.2) is 0 Å². The Labute approximate surface area is 94.9 Å². The third-order valence-electron chi connectivity index (χ3n) is 1.87. The first-order valence-corrected chi connectivity index (χ1v) is 5.35. The monoisotopic (exact) mass is 223 g/mol. The molecular formula is C10H17N5O. The summed E-state index contributed by atoms with van der Waals surface area (Å²) in [6.07, 6.45) is 4.20. The lowest BCUT2D eigenvalue weighted by molar-refractivity contribution is -0.116. The van der Waals surface area contributed by atoms with Gasteiger partial charge in [-0.15, -0.1) is 5.10 Å². The van der Waals surface area contributed by atoms with Gasteiger partial charge in [-0.25, -0.2) is 4.98 Å². The van der Waals surface area contributed by atoms with Gasteiger partial charge in [-0.05, 0) is 13.0 Å². The molecule has 88 valence electrons. The third kappa shape index (κ3) is 5.35. The van der Waals surface area contributed by atoms with Crippen molar-refractivity contribution in [2.75, 3.05) is 11.9 Å². The summed E-state index contributed by atoms with van der Waals surface area (Å²) in [5.41, 5.74) is 0. The lowest BCUT2D eigenvalue weighted by atomic mass is 10.3. The van der Waals surface area contributed by atoms with Crippen LogP contribution in [0.1, 0.15) is 26.7 Å². The van der Waals surface area contributed by atoms with Crippen molar-refractivity contribution in [1.82, 2.24) is 20.5 Å². The van der Waals surface area contributed by atoms with Gasteiger partial charge >= 0.3 is 0 Å². The molecule has 0 spiro atoms. The number of anilines is 1. The van der Waals surface area contributed by atoms with E-state index in [2.05, 4.69) is 39.7 Å². The van der Waals surface area contributed by atoms with E-state index in [1.54, 1.807) is 0 Å². The second-order valence-corrected chi connectivity index (χ2v) is 3.73. The molecule has 0 saturated carbocycles. The fraction of sp³-hybridized carbons (Fsp3) is 0.600. The number of hydrogen-bond acceptors (Lipinski definition) is 5. The molecule has 16 heavy (non-hydrogen) atoms. The van der Waals surface area contributed by atoms with Crippen LogP contribution in [0.4, 0.5) is 5.95 Å². The molecule has 1 aromatic rings. The average Bonchev–Trinajstić information content (AvgIpc) is 2.25. The summed E-state index contributed by atoms with van der Waals surface area (Å²) in [5.74, 6) is 0.169. The van der Waals surface area contributed by atoms with Crippen LogP contribution in [0.15, 0.2) is 12.4 Å². The Morgan fingerprint density at radius 3 is 2.88 bits per heavy atom. The maximum atomic E-state index is 11.4. The summed E-state index contributed by atoms with van der Waals surface area (Å²) in [5, 5.41) is 13.1. The largest absolute Gasteiger partial charge is 0.315 e. The van der Waals surface area contributed by atoms with E-state index in [4.69, 9.17) is 0 Å². The molecule has 0 aliphatic heterocycles. The van der Waals surface area contributed by atoms with E-state index in [1.807, 2.05) is 0 Å². The van der Waals surface area contributed by atoms with Crippen molar-refractivity contribution in [1.29, 1.82) is 0 Å². The predicted octanol–water partition coefficient (Wildman–Crippen LogP) is 0.588. The number of hydrogen-bond donors (Lipinski definition) is 2. The number of nitrogens with zero attached hydrogens (tertiary/aromatic N) is 3. The first kappa shape index (κ1) is 12.5. The third-order valence-corrected chi connectivity index (χ3v) is 1.87. The smallest absolute Gasteiger partial charge is 0.249 e. The van der Waals surface area contributed by atoms with E-state index in [1.165, 1.54) is 12.4 Å². The maximum absolute atomic E-state index is 11.4. The number of aromatic nitrogens is 3. The Balaban J connectivity index is 2.17. The van der Waals surface area contributed by atoms with Crippen LogP contribution in [-0.4, -0.2) is 33.7 Å². The standard InChI is InChI=1S/C10H17N5O/c1-8(2)11-5-3-4-9(16)14-10-12-6-7-13-15-10/h6-8,11H,3-5H2,1-2H3,(H,12,14,15,16). The number of carbonyl (C=O) groups excluding carboxylic acids is 1.